The number of ether oxygens (including phenoxy) is 1. The lowest BCUT2D eigenvalue weighted by molar-refractivity contribution is -0.141. The highest BCUT2D eigenvalue weighted by Crippen LogP contribution is 2.11. The minimum atomic E-state index is -0.833. The molecule has 0 spiro atoms. The van der Waals surface area contributed by atoms with Crippen LogP contribution in [0.1, 0.15) is 89.1 Å². The average Bonchev–Trinajstić information content (AvgIpc) is 2.63. The topological polar surface area (TPSA) is 80.7 Å². The molecule has 0 unspecified atom stereocenters. The number of hydrogen-bond acceptors (Lipinski definition) is 4. The number of unbranched alkanes of at least 4 members (excludes halogenated alkanes) is 4. The third kappa shape index (κ3) is 18.4. The maximum absolute atomic E-state index is 12.0. The minimum Gasteiger partial charge on any atom is -0.481 e. The quantitative estimate of drug-likeness (QED) is 0.331. The van der Waals surface area contributed by atoms with Crippen LogP contribution < -0.4 is 0 Å². The lowest BCUT2D eigenvalue weighted by Gasteiger charge is -2.05. The van der Waals surface area contributed by atoms with Gasteiger partial charge in [-0.1, -0.05) is 70.7 Å². The smallest absolute Gasteiger partial charge is 0.302 e. The van der Waals surface area contributed by atoms with Gasteiger partial charge in [0.15, 0.2) is 5.78 Å². The number of carboxylic acid groups (broad SMARTS) is 1. The molecule has 27 heavy (non-hydrogen) atoms. The Balaban J connectivity index is 0. The first-order chi connectivity index (χ1) is 12.9. The Labute approximate surface area is 164 Å². The van der Waals surface area contributed by atoms with Crippen molar-refractivity contribution in [1.29, 1.82) is 0 Å². The van der Waals surface area contributed by atoms with Crippen molar-refractivity contribution in [2.45, 2.75) is 79.6 Å². The number of carbonyl (C=O) groups excluding carboxylic acids is 2. The SMILES string of the molecule is CC.CC(=O)O.CCCCCCCC(=O)c1ccc(CCOC(C)=O)cc1. The Morgan fingerprint density at radius 1 is 0.926 bits per heavy atom. The lowest BCUT2D eigenvalue weighted by atomic mass is 10.0. The van der Waals surface area contributed by atoms with Crippen LogP contribution in [-0.2, 0) is 20.7 Å². The second kappa shape index (κ2) is 18.6. The van der Waals surface area contributed by atoms with E-state index < -0.39 is 5.97 Å². The number of ketones is 1. The Morgan fingerprint density at radius 3 is 1.93 bits per heavy atom. The largest absolute Gasteiger partial charge is 0.481 e. The van der Waals surface area contributed by atoms with Gasteiger partial charge in [0.05, 0.1) is 6.61 Å². The Bertz CT molecular complexity index is 516. The van der Waals surface area contributed by atoms with E-state index in [2.05, 4.69) is 6.92 Å². The number of rotatable bonds is 10. The first kappa shape index (κ1) is 27.1. The van der Waals surface area contributed by atoms with Crippen LogP contribution in [0.3, 0.4) is 0 Å². The standard InChI is InChI=1S/C18H26O3.C2H4O2.C2H6/c1-3-4-5-6-7-8-18(20)17-11-9-16(10-12-17)13-14-21-15(2)19;1-2(3)4;1-2/h9-12H,3-8,13-14H2,1-2H3;1H3,(H,3,4);1-2H3. The van der Waals surface area contributed by atoms with Gasteiger partial charge in [0.2, 0.25) is 0 Å². The van der Waals surface area contributed by atoms with E-state index in [9.17, 15) is 9.59 Å². The first-order valence-corrected chi connectivity index (χ1v) is 9.81. The van der Waals surface area contributed by atoms with E-state index >= 15 is 0 Å². The first-order valence-electron chi connectivity index (χ1n) is 9.81. The lowest BCUT2D eigenvalue weighted by Crippen LogP contribution is -2.04. The Morgan fingerprint density at radius 2 is 1.44 bits per heavy atom. The fourth-order valence-corrected chi connectivity index (χ4v) is 2.20. The van der Waals surface area contributed by atoms with Crippen LogP contribution in [0.4, 0.5) is 0 Å². The van der Waals surface area contributed by atoms with Crippen LogP contribution >= 0.6 is 0 Å². The molecule has 0 fully saturated rings. The van der Waals surface area contributed by atoms with Crippen molar-refractivity contribution in [3.8, 4) is 0 Å². The summed E-state index contributed by atoms with van der Waals surface area (Å²) in [6, 6.07) is 7.62. The van der Waals surface area contributed by atoms with Gasteiger partial charge in [0.25, 0.3) is 5.97 Å². The summed E-state index contributed by atoms with van der Waals surface area (Å²) in [5, 5.41) is 7.42. The van der Waals surface area contributed by atoms with Crippen molar-refractivity contribution in [3.05, 3.63) is 35.4 Å². The summed E-state index contributed by atoms with van der Waals surface area (Å²) in [5.74, 6) is -0.872. The monoisotopic (exact) mass is 380 g/mol. The maximum Gasteiger partial charge on any atom is 0.302 e. The maximum atomic E-state index is 12.0. The van der Waals surface area contributed by atoms with Gasteiger partial charge in [-0.3, -0.25) is 14.4 Å². The molecule has 0 heterocycles. The van der Waals surface area contributed by atoms with E-state index in [1.807, 2.05) is 38.1 Å². The van der Waals surface area contributed by atoms with E-state index in [-0.39, 0.29) is 11.8 Å². The molecule has 0 aliphatic heterocycles. The normalized spacial score (nSPS) is 9.22. The summed E-state index contributed by atoms with van der Waals surface area (Å²) in [6.07, 6.45) is 7.14. The van der Waals surface area contributed by atoms with Gasteiger partial charge in [0.1, 0.15) is 0 Å². The molecular weight excluding hydrogens is 344 g/mol. The summed E-state index contributed by atoms with van der Waals surface area (Å²) < 4.78 is 4.90. The number of aliphatic carboxylic acids is 1. The van der Waals surface area contributed by atoms with Crippen molar-refractivity contribution in [2.75, 3.05) is 6.61 Å². The number of benzene rings is 1. The Kier molecular flexibility index (Phi) is 18.7. The predicted molar refractivity (Wildman–Crippen MR) is 109 cm³/mol. The van der Waals surface area contributed by atoms with E-state index in [1.54, 1.807) is 0 Å². The minimum absolute atomic E-state index is 0.220. The van der Waals surface area contributed by atoms with Crippen LogP contribution in [0.25, 0.3) is 0 Å². The molecule has 0 saturated heterocycles. The second-order valence-corrected chi connectivity index (χ2v) is 5.89. The van der Waals surface area contributed by atoms with Crippen LogP contribution in [0.2, 0.25) is 0 Å². The molecule has 0 amide bonds. The van der Waals surface area contributed by atoms with E-state index in [0.717, 1.165) is 30.9 Å². The molecule has 0 aliphatic rings. The molecule has 0 atom stereocenters. The molecule has 0 aliphatic carbocycles. The highest BCUT2D eigenvalue weighted by molar-refractivity contribution is 5.96. The summed E-state index contributed by atoms with van der Waals surface area (Å²) in [6.45, 7) is 9.07. The van der Waals surface area contributed by atoms with Gasteiger partial charge in [-0.2, -0.15) is 0 Å². The van der Waals surface area contributed by atoms with Crippen molar-refractivity contribution in [3.63, 3.8) is 0 Å². The summed E-state index contributed by atoms with van der Waals surface area (Å²) in [7, 11) is 0. The van der Waals surface area contributed by atoms with Gasteiger partial charge >= 0.3 is 5.97 Å². The van der Waals surface area contributed by atoms with E-state index in [1.165, 1.54) is 26.2 Å². The van der Waals surface area contributed by atoms with Crippen molar-refractivity contribution < 1.29 is 24.2 Å². The van der Waals surface area contributed by atoms with E-state index in [4.69, 9.17) is 14.6 Å². The zero-order chi connectivity index (χ0) is 21.1. The van der Waals surface area contributed by atoms with E-state index in [0.29, 0.717) is 19.4 Å². The summed E-state index contributed by atoms with van der Waals surface area (Å²) in [5.41, 5.74) is 1.86. The Hall–Kier alpha value is -2.17. The number of hydrogen-bond donors (Lipinski definition) is 1. The summed E-state index contributed by atoms with van der Waals surface area (Å²) >= 11 is 0. The van der Waals surface area contributed by atoms with Crippen LogP contribution in [0.15, 0.2) is 24.3 Å². The van der Waals surface area contributed by atoms with Crippen LogP contribution in [0, 0.1) is 0 Å². The fraction of sp³-hybridized carbons (Fsp3) is 0.591. The molecule has 5 heteroatoms. The van der Waals surface area contributed by atoms with Gasteiger partial charge in [-0.15, -0.1) is 0 Å². The molecule has 1 aromatic carbocycles. The number of carboxylic acids is 1. The molecule has 0 bridgehead atoms. The highest BCUT2D eigenvalue weighted by Gasteiger charge is 2.05. The van der Waals surface area contributed by atoms with Gasteiger partial charge in [-0.25, -0.2) is 0 Å². The number of esters is 1. The fourth-order valence-electron chi connectivity index (χ4n) is 2.20. The second-order valence-electron chi connectivity index (χ2n) is 5.89. The van der Waals surface area contributed by atoms with Crippen molar-refractivity contribution in [1.82, 2.24) is 0 Å². The number of Topliss-reactive ketones (excluding diaryl/α,β-unsaturated/α-hetero) is 1. The molecule has 0 radical (unpaired) electrons. The van der Waals surface area contributed by atoms with Gasteiger partial charge in [0, 0.05) is 32.3 Å². The van der Waals surface area contributed by atoms with Gasteiger partial charge < -0.3 is 9.84 Å². The third-order valence-corrected chi connectivity index (χ3v) is 3.48. The van der Waals surface area contributed by atoms with Crippen LogP contribution in [-0.4, -0.2) is 29.4 Å². The van der Waals surface area contributed by atoms with Crippen LogP contribution in [0.5, 0.6) is 0 Å². The number of carbonyl (C=O) groups is 3. The predicted octanol–water partition coefficient (Wildman–Crippen LogP) is 5.45. The molecule has 1 rings (SSSR count). The zero-order valence-electron chi connectivity index (χ0n) is 17.5. The molecule has 154 valence electrons. The molecule has 1 aromatic rings. The zero-order valence-corrected chi connectivity index (χ0v) is 17.5. The van der Waals surface area contributed by atoms with Crippen molar-refractivity contribution >= 4 is 17.7 Å². The molecule has 1 N–H and O–H groups in total. The summed E-state index contributed by atoms with van der Waals surface area (Å²) in [4.78, 5) is 31.7. The molecule has 0 aromatic heterocycles. The highest BCUT2D eigenvalue weighted by atomic mass is 16.5. The molecule has 0 saturated carbocycles. The van der Waals surface area contributed by atoms with Gasteiger partial charge in [-0.05, 0) is 12.0 Å². The molecular formula is C22H36O5. The molecule has 5 nitrogen and oxygen atoms in total. The third-order valence-electron chi connectivity index (χ3n) is 3.48. The average molecular weight is 381 g/mol. The van der Waals surface area contributed by atoms with Crippen molar-refractivity contribution in [2.24, 2.45) is 0 Å².